The lowest BCUT2D eigenvalue weighted by atomic mass is 10.0. The van der Waals surface area contributed by atoms with E-state index in [0.717, 1.165) is 6.54 Å². The highest BCUT2D eigenvalue weighted by molar-refractivity contribution is 5.81. The van der Waals surface area contributed by atoms with Gasteiger partial charge in [0.2, 0.25) is 11.8 Å². The summed E-state index contributed by atoms with van der Waals surface area (Å²) in [5.74, 6) is 0.742. The SMILES string of the molecule is C.CC(C)C1CN(C(=O)Cc2c[nH]c(=O)[nH]c2=O)CCC(=O)N1CC1CC1. The van der Waals surface area contributed by atoms with Crippen LogP contribution in [0.1, 0.15) is 46.1 Å². The molecule has 1 aliphatic carbocycles. The molecule has 1 aromatic heterocycles. The summed E-state index contributed by atoms with van der Waals surface area (Å²) in [4.78, 5) is 56.4. The summed E-state index contributed by atoms with van der Waals surface area (Å²) in [6.45, 7) is 5.76. The summed E-state index contributed by atoms with van der Waals surface area (Å²) in [6, 6.07) is -0.0107. The summed E-state index contributed by atoms with van der Waals surface area (Å²) in [5, 5.41) is 0. The normalized spacial score (nSPS) is 20.4. The Morgan fingerprint density at radius 3 is 2.56 bits per heavy atom. The third kappa shape index (κ3) is 5.08. The lowest BCUT2D eigenvalue weighted by Crippen LogP contribution is -2.48. The van der Waals surface area contributed by atoms with E-state index in [4.69, 9.17) is 0 Å². The van der Waals surface area contributed by atoms with Crippen LogP contribution in [0.5, 0.6) is 0 Å². The van der Waals surface area contributed by atoms with Crippen molar-refractivity contribution in [2.24, 2.45) is 11.8 Å². The zero-order chi connectivity index (χ0) is 18.8. The zero-order valence-corrected chi connectivity index (χ0v) is 15.3. The summed E-state index contributed by atoms with van der Waals surface area (Å²) >= 11 is 0. The van der Waals surface area contributed by atoms with E-state index in [2.05, 4.69) is 23.8 Å². The Morgan fingerprint density at radius 2 is 1.96 bits per heavy atom. The second kappa shape index (κ2) is 8.54. The molecule has 8 nitrogen and oxygen atoms in total. The molecule has 0 radical (unpaired) electrons. The fourth-order valence-corrected chi connectivity index (χ4v) is 3.43. The van der Waals surface area contributed by atoms with Crippen LogP contribution in [-0.4, -0.2) is 57.3 Å². The maximum absolute atomic E-state index is 12.7. The Labute approximate surface area is 159 Å². The van der Waals surface area contributed by atoms with Gasteiger partial charge in [-0.3, -0.25) is 19.4 Å². The van der Waals surface area contributed by atoms with Crippen LogP contribution < -0.4 is 11.2 Å². The highest BCUT2D eigenvalue weighted by Crippen LogP contribution is 2.32. The van der Waals surface area contributed by atoms with Gasteiger partial charge in [0.15, 0.2) is 0 Å². The molecule has 0 spiro atoms. The van der Waals surface area contributed by atoms with E-state index in [1.165, 1.54) is 19.0 Å². The Bertz CT molecular complexity index is 793. The topological polar surface area (TPSA) is 106 Å². The van der Waals surface area contributed by atoms with Gasteiger partial charge >= 0.3 is 5.69 Å². The molecule has 150 valence electrons. The van der Waals surface area contributed by atoms with Crippen molar-refractivity contribution in [2.75, 3.05) is 19.6 Å². The van der Waals surface area contributed by atoms with Gasteiger partial charge in [-0.2, -0.15) is 0 Å². The van der Waals surface area contributed by atoms with Crippen molar-refractivity contribution in [3.63, 3.8) is 0 Å². The van der Waals surface area contributed by atoms with Crippen LogP contribution in [0.2, 0.25) is 0 Å². The summed E-state index contributed by atoms with van der Waals surface area (Å²) < 4.78 is 0. The number of hydrogen-bond donors (Lipinski definition) is 2. The number of carbonyl (C=O) groups is 2. The van der Waals surface area contributed by atoms with E-state index in [1.807, 2.05) is 4.90 Å². The second-order valence-corrected chi connectivity index (χ2v) is 7.66. The zero-order valence-electron chi connectivity index (χ0n) is 15.3. The molecule has 2 N–H and O–H groups in total. The predicted octanol–water partition coefficient (Wildman–Crippen LogP) is 0.737. The van der Waals surface area contributed by atoms with Crippen LogP contribution >= 0.6 is 0 Å². The number of rotatable bonds is 5. The van der Waals surface area contributed by atoms with Crippen LogP contribution in [0, 0.1) is 11.8 Å². The predicted molar refractivity (Wildman–Crippen MR) is 102 cm³/mol. The average Bonchev–Trinajstić information content (AvgIpc) is 3.40. The lowest BCUT2D eigenvalue weighted by molar-refractivity contribution is -0.134. The molecule has 1 unspecified atom stereocenters. The largest absolute Gasteiger partial charge is 0.340 e. The minimum Gasteiger partial charge on any atom is -0.340 e. The Balaban J connectivity index is 0.00000261. The van der Waals surface area contributed by atoms with Gasteiger partial charge in [0.05, 0.1) is 12.5 Å². The van der Waals surface area contributed by atoms with E-state index >= 15 is 0 Å². The number of amides is 2. The number of hydrogen-bond acceptors (Lipinski definition) is 4. The van der Waals surface area contributed by atoms with Crippen LogP contribution in [0.3, 0.4) is 0 Å². The molecule has 2 heterocycles. The third-order valence-electron chi connectivity index (χ3n) is 5.24. The van der Waals surface area contributed by atoms with Gasteiger partial charge in [-0.05, 0) is 24.7 Å². The first-order valence-electron chi connectivity index (χ1n) is 9.23. The smallest absolute Gasteiger partial charge is 0.325 e. The van der Waals surface area contributed by atoms with Gasteiger partial charge in [0, 0.05) is 37.8 Å². The summed E-state index contributed by atoms with van der Waals surface area (Å²) in [5.41, 5.74) is -0.924. The van der Waals surface area contributed by atoms with Crippen LogP contribution in [0.4, 0.5) is 0 Å². The van der Waals surface area contributed by atoms with Crippen molar-refractivity contribution in [1.29, 1.82) is 0 Å². The first-order valence-corrected chi connectivity index (χ1v) is 9.23. The minimum absolute atomic E-state index is 0. The molecule has 1 aliphatic heterocycles. The number of carbonyl (C=O) groups excluding carboxylic acids is 2. The summed E-state index contributed by atoms with van der Waals surface area (Å²) in [7, 11) is 0. The van der Waals surface area contributed by atoms with Crippen LogP contribution in [0.15, 0.2) is 15.8 Å². The Hall–Kier alpha value is -2.38. The van der Waals surface area contributed by atoms with Gasteiger partial charge < -0.3 is 14.8 Å². The lowest BCUT2D eigenvalue weighted by Gasteiger charge is -2.34. The van der Waals surface area contributed by atoms with Crippen LogP contribution in [-0.2, 0) is 16.0 Å². The Morgan fingerprint density at radius 1 is 1.26 bits per heavy atom. The number of nitrogens with one attached hydrogen (secondary N) is 2. The van der Waals surface area contributed by atoms with E-state index < -0.39 is 11.2 Å². The average molecular weight is 378 g/mol. The number of aromatic amines is 2. The quantitative estimate of drug-likeness (QED) is 0.788. The van der Waals surface area contributed by atoms with E-state index in [9.17, 15) is 19.2 Å². The first kappa shape index (κ1) is 20.9. The van der Waals surface area contributed by atoms with E-state index in [-0.39, 0.29) is 43.2 Å². The molecule has 1 saturated carbocycles. The molecule has 0 bridgehead atoms. The van der Waals surface area contributed by atoms with Gasteiger partial charge in [-0.1, -0.05) is 21.3 Å². The van der Waals surface area contributed by atoms with Crippen molar-refractivity contribution in [3.8, 4) is 0 Å². The molecular weight excluding hydrogens is 348 g/mol. The van der Waals surface area contributed by atoms with Crippen molar-refractivity contribution >= 4 is 11.8 Å². The molecule has 2 aliphatic rings. The van der Waals surface area contributed by atoms with Crippen molar-refractivity contribution in [3.05, 3.63) is 32.6 Å². The van der Waals surface area contributed by atoms with Crippen molar-refractivity contribution < 1.29 is 9.59 Å². The molecule has 2 fully saturated rings. The monoisotopic (exact) mass is 378 g/mol. The van der Waals surface area contributed by atoms with Crippen molar-refractivity contribution in [1.82, 2.24) is 19.8 Å². The minimum atomic E-state index is -0.595. The fourth-order valence-electron chi connectivity index (χ4n) is 3.43. The van der Waals surface area contributed by atoms with Crippen molar-refractivity contribution in [2.45, 2.75) is 53.0 Å². The van der Waals surface area contributed by atoms with Crippen LogP contribution in [0.25, 0.3) is 0 Å². The standard InChI is InChI=1S/C18H26N4O4.CH4/c1-11(2)14-10-21(6-5-15(23)22(14)9-12-3-4-12)16(24)7-13-8-19-18(26)20-17(13)25;/h8,11-12,14H,3-7,9-10H2,1-2H3,(H2,19,20,25,26);1H4. The molecule has 0 aromatic carbocycles. The van der Waals surface area contributed by atoms with E-state index in [0.29, 0.717) is 25.4 Å². The molecule has 27 heavy (non-hydrogen) atoms. The highest BCUT2D eigenvalue weighted by atomic mass is 16.2. The number of H-pyrrole nitrogens is 2. The molecule has 1 aromatic rings. The maximum Gasteiger partial charge on any atom is 0.325 e. The summed E-state index contributed by atoms with van der Waals surface area (Å²) in [6.07, 6.45) is 3.84. The molecule has 2 amide bonds. The third-order valence-corrected chi connectivity index (χ3v) is 5.24. The first-order chi connectivity index (χ1) is 12.3. The maximum atomic E-state index is 12.7. The molecular formula is C19H30N4O4. The molecule has 1 saturated heterocycles. The fraction of sp³-hybridized carbons (Fsp3) is 0.684. The van der Waals surface area contributed by atoms with Gasteiger partial charge in [-0.15, -0.1) is 0 Å². The van der Waals surface area contributed by atoms with Gasteiger partial charge in [0.25, 0.3) is 5.56 Å². The van der Waals surface area contributed by atoms with Gasteiger partial charge in [-0.25, -0.2) is 4.79 Å². The second-order valence-electron chi connectivity index (χ2n) is 7.66. The number of nitrogens with zero attached hydrogens (tertiary/aromatic N) is 2. The molecule has 1 atom stereocenters. The van der Waals surface area contributed by atoms with E-state index in [1.54, 1.807) is 4.90 Å². The highest BCUT2D eigenvalue weighted by Gasteiger charge is 2.36. The van der Waals surface area contributed by atoms with Gasteiger partial charge in [0.1, 0.15) is 0 Å². The number of aromatic nitrogens is 2. The molecule has 8 heteroatoms. The Kier molecular flexibility index (Phi) is 6.62. The molecule has 3 rings (SSSR count).